The highest BCUT2D eigenvalue weighted by molar-refractivity contribution is 5.82. The molecule has 5 rings (SSSR count). The van der Waals surface area contributed by atoms with Crippen molar-refractivity contribution in [3.63, 3.8) is 0 Å². The van der Waals surface area contributed by atoms with Gasteiger partial charge in [-0.3, -0.25) is 4.79 Å². The van der Waals surface area contributed by atoms with E-state index in [4.69, 9.17) is 8.94 Å². The van der Waals surface area contributed by atoms with Gasteiger partial charge in [-0.25, -0.2) is 4.79 Å². The normalized spacial score (nSPS) is 26.5. The molecular formula is C19H23N5O4. The van der Waals surface area contributed by atoms with Gasteiger partial charge in [-0.2, -0.15) is 4.98 Å². The van der Waals surface area contributed by atoms with E-state index in [-0.39, 0.29) is 23.8 Å². The molecule has 0 bridgehead atoms. The van der Waals surface area contributed by atoms with Gasteiger partial charge in [0, 0.05) is 38.0 Å². The van der Waals surface area contributed by atoms with Gasteiger partial charge in [0.15, 0.2) is 5.82 Å². The minimum Gasteiger partial charge on any atom is -0.467 e. The molecule has 1 saturated carbocycles. The molecule has 1 N–H and O–H groups in total. The van der Waals surface area contributed by atoms with E-state index in [0.29, 0.717) is 50.2 Å². The fourth-order valence-electron chi connectivity index (χ4n) is 4.47. The summed E-state index contributed by atoms with van der Waals surface area (Å²) in [6, 6.07) is 3.46. The number of hydrogen-bond donors (Lipinski definition) is 1. The first-order valence-electron chi connectivity index (χ1n) is 9.70. The number of nitrogens with zero attached hydrogens (tertiary/aromatic N) is 4. The predicted molar refractivity (Wildman–Crippen MR) is 96.0 cm³/mol. The Labute approximate surface area is 162 Å². The van der Waals surface area contributed by atoms with Gasteiger partial charge in [-0.05, 0) is 31.9 Å². The van der Waals surface area contributed by atoms with Crippen molar-refractivity contribution in [3.05, 3.63) is 35.9 Å². The lowest BCUT2D eigenvalue weighted by molar-refractivity contribution is -0.131. The summed E-state index contributed by atoms with van der Waals surface area (Å²) in [7, 11) is 0. The number of likely N-dealkylation sites (tertiary alicyclic amines) is 2. The fourth-order valence-corrected chi connectivity index (χ4v) is 4.47. The van der Waals surface area contributed by atoms with E-state index in [2.05, 4.69) is 15.5 Å². The topological polar surface area (TPSA) is 105 Å². The molecule has 28 heavy (non-hydrogen) atoms. The lowest BCUT2D eigenvalue weighted by Gasteiger charge is -2.26. The molecule has 9 heteroatoms. The Morgan fingerprint density at radius 3 is 2.75 bits per heavy atom. The molecule has 0 unspecified atom stereocenters. The quantitative estimate of drug-likeness (QED) is 0.851. The summed E-state index contributed by atoms with van der Waals surface area (Å²) in [6.07, 6.45) is 3.54. The number of aromatic nitrogens is 2. The van der Waals surface area contributed by atoms with Crippen molar-refractivity contribution in [2.24, 2.45) is 11.8 Å². The Kier molecular flexibility index (Phi) is 3.92. The molecule has 1 aliphatic carbocycles. The van der Waals surface area contributed by atoms with Crippen LogP contribution in [0.1, 0.15) is 30.3 Å². The van der Waals surface area contributed by atoms with Crippen molar-refractivity contribution in [2.45, 2.75) is 31.7 Å². The minimum absolute atomic E-state index is 0.0874. The Morgan fingerprint density at radius 2 is 2.07 bits per heavy atom. The Hall–Kier alpha value is -2.84. The van der Waals surface area contributed by atoms with Gasteiger partial charge in [0.05, 0.1) is 18.2 Å². The van der Waals surface area contributed by atoms with Crippen LogP contribution in [0.25, 0.3) is 0 Å². The van der Waals surface area contributed by atoms with Crippen LogP contribution in [0.3, 0.4) is 0 Å². The smallest absolute Gasteiger partial charge is 0.317 e. The minimum atomic E-state index is -0.492. The highest BCUT2D eigenvalue weighted by atomic mass is 16.5. The van der Waals surface area contributed by atoms with E-state index in [9.17, 15) is 9.59 Å². The Bertz CT molecular complexity index is 890. The largest absolute Gasteiger partial charge is 0.467 e. The van der Waals surface area contributed by atoms with Crippen molar-refractivity contribution in [1.82, 2.24) is 25.3 Å². The number of nitrogens with one attached hydrogen (secondary N) is 1. The van der Waals surface area contributed by atoms with Crippen LogP contribution in [0.4, 0.5) is 4.79 Å². The summed E-state index contributed by atoms with van der Waals surface area (Å²) in [4.78, 5) is 33.5. The number of urea groups is 1. The van der Waals surface area contributed by atoms with Gasteiger partial charge < -0.3 is 24.1 Å². The summed E-state index contributed by atoms with van der Waals surface area (Å²) in [5.74, 6) is 2.28. The maximum Gasteiger partial charge on any atom is 0.317 e. The highest BCUT2D eigenvalue weighted by Crippen LogP contribution is 2.46. The van der Waals surface area contributed by atoms with E-state index in [1.54, 1.807) is 24.2 Å². The monoisotopic (exact) mass is 385 g/mol. The van der Waals surface area contributed by atoms with E-state index in [1.807, 2.05) is 11.0 Å². The van der Waals surface area contributed by atoms with Crippen LogP contribution in [-0.4, -0.2) is 58.1 Å². The summed E-state index contributed by atoms with van der Waals surface area (Å²) >= 11 is 0. The van der Waals surface area contributed by atoms with E-state index in [0.717, 1.165) is 12.8 Å². The van der Waals surface area contributed by atoms with Gasteiger partial charge in [0.2, 0.25) is 11.8 Å². The SMILES string of the molecule is Cc1noc([C@]23CN(C(=O)NCc4ccco4)C[C@H]2CN(C(=O)C2CC2)C3)n1. The van der Waals surface area contributed by atoms with Crippen LogP contribution in [0.2, 0.25) is 0 Å². The molecule has 2 atom stereocenters. The second kappa shape index (κ2) is 6.35. The molecule has 2 aromatic rings. The summed E-state index contributed by atoms with van der Waals surface area (Å²) < 4.78 is 10.8. The molecular weight excluding hydrogens is 362 g/mol. The van der Waals surface area contributed by atoms with Crippen molar-refractivity contribution >= 4 is 11.9 Å². The summed E-state index contributed by atoms with van der Waals surface area (Å²) in [5.41, 5.74) is -0.492. The average molecular weight is 385 g/mol. The van der Waals surface area contributed by atoms with Crippen molar-refractivity contribution < 1.29 is 18.5 Å². The van der Waals surface area contributed by atoms with Crippen LogP contribution < -0.4 is 5.32 Å². The molecule has 2 aliphatic heterocycles. The van der Waals surface area contributed by atoms with E-state index >= 15 is 0 Å². The number of carbonyl (C=O) groups is 2. The van der Waals surface area contributed by atoms with Crippen LogP contribution in [0.15, 0.2) is 27.3 Å². The average Bonchev–Trinajstić information content (AvgIpc) is 3.05. The molecule has 0 spiro atoms. The molecule has 0 aromatic carbocycles. The van der Waals surface area contributed by atoms with Gasteiger partial charge in [-0.15, -0.1) is 0 Å². The van der Waals surface area contributed by atoms with Crippen molar-refractivity contribution in [1.29, 1.82) is 0 Å². The first-order valence-corrected chi connectivity index (χ1v) is 9.70. The fraction of sp³-hybridized carbons (Fsp3) is 0.579. The second-order valence-electron chi connectivity index (χ2n) is 8.11. The zero-order valence-corrected chi connectivity index (χ0v) is 15.8. The van der Waals surface area contributed by atoms with Gasteiger partial charge >= 0.3 is 6.03 Å². The third kappa shape index (κ3) is 2.85. The first-order chi connectivity index (χ1) is 13.5. The maximum atomic E-state index is 12.7. The van der Waals surface area contributed by atoms with E-state index in [1.165, 1.54) is 0 Å². The number of rotatable bonds is 4. The van der Waals surface area contributed by atoms with Gasteiger partial charge in [-0.1, -0.05) is 5.16 Å². The van der Waals surface area contributed by atoms with Crippen molar-refractivity contribution in [3.8, 4) is 0 Å². The number of fused-ring (bicyclic) bond motifs is 1. The third-order valence-electron chi connectivity index (χ3n) is 6.08. The maximum absolute atomic E-state index is 12.7. The lowest BCUT2D eigenvalue weighted by atomic mass is 9.81. The molecule has 3 fully saturated rings. The Morgan fingerprint density at radius 1 is 1.29 bits per heavy atom. The zero-order chi connectivity index (χ0) is 19.3. The van der Waals surface area contributed by atoms with Crippen LogP contribution in [-0.2, 0) is 16.8 Å². The molecule has 148 valence electrons. The molecule has 0 radical (unpaired) electrons. The highest BCUT2D eigenvalue weighted by Gasteiger charge is 2.59. The molecule has 2 aromatic heterocycles. The molecule has 4 heterocycles. The lowest BCUT2D eigenvalue weighted by Crippen LogP contribution is -2.44. The van der Waals surface area contributed by atoms with Crippen molar-refractivity contribution in [2.75, 3.05) is 26.2 Å². The molecule has 3 amide bonds. The van der Waals surface area contributed by atoms with Crippen LogP contribution in [0, 0.1) is 18.8 Å². The summed E-state index contributed by atoms with van der Waals surface area (Å²) in [5, 5.41) is 6.85. The summed E-state index contributed by atoms with van der Waals surface area (Å²) in [6.45, 7) is 4.28. The third-order valence-corrected chi connectivity index (χ3v) is 6.08. The van der Waals surface area contributed by atoms with Crippen LogP contribution >= 0.6 is 0 Å². The number of hydrogen-bond acceptors (Lipinski definition) is 6. The number of aryl methyl sites for hydroxylation is 1. The standard InChI is InChI=1S/C19H23N5O4/c1-12-21-17(28-22-12)19-10-23(16(25)13-4-5-13)8-14(19)9-24(11-19)18(26)20-7-15-3-2-6-27-15/h2-3,6,13-14H,4-5,7-11H2,1H3,(H,20,26)/t14-,19-/m1/s1. The van der Waals surface area contributed by atoms with Gasteiger partial charge in [0.1, 0.15) is 5.76 Å². The number of furan rings is 1. The number of amides is 3. The predicted octanol–water partition coefficient (Wildman–Crippen LogP) is 1.30. The Balaban J connectivity index is 1.34. The molecule has 2 saturated heterocycles. The van der Waals surface area contributed by atoms with Crippen LogP contribution in [0.5, 0.6) is 0 Å². The van der Waals surface area contributed by atoms with Gasteiger partial charge in [0.25, 0.3) is 0 Å². The zero-order valence-electron chi connectivity index (χ0n) is 15.8. The number of carbonyl (C=O) groups excluding carboxylic acids is 2. The second-order valence-corrected chi connectivity index (χ2v) is 8.11. The molecule has 3 aliphatic rings. The van der Waals surface area contributed by atoms with E-state index < -0.39 is 5.41 Å². The molecule has 9 nitrogen and oxygen atoms in total. The first kappa shape index (κ1) is 17.3.